The van der Waals surface area contributed by atoms with Crippen LogP contribution in [0.2, 0.25) is 0 Å². The van der Waals surface area contributed by atoms with Gasteiger partial charge in [-0.25, -0.2) is 0 Å². The van der Waals surface area contributed by atoms with Crippen LogP contribution in [-0.2, 0) is 6.54 Å². The molecule has 0 unspecified atom stereocenters. The van der Waals surface area contributed by atoms with Gasteiger partial charge in [-0.3, -0.25) is 9.97 Å². The molecule has 0 saturated carbocycles. The van der Waals surface area contributed by atoms with E-state index >= 15 is 0 Å². The lowest BCUT2D eigenvalue weighted by Crippen LogP contribution is -2.46. The number of nitrogens with zero attached hydrogens (tertiary/aromatic N) is 5. The summed E-state index contributed by atoms with van der Waals surface area (Å²) in [6, 6.07) is 17.2. The van der Waals surface area contributed by atoms with Crippen LogP contribution in [0.15, 0.2) is 73.3 Å². The Hall–Kier alpha value is -3.78. The van der Waals surface area contributed by atoms with Crippen molar-refractivity contribution in [3.63, 3.8) is 0 Å². The summed E-state index contributed by atoms with van der Waals surface area (Å²) in [6.45, 7) is 4.82. The number of pyridine rings is 2. The van der Waals surface area contributed by atoms with Crippen LogP contribution >= 0.6 is 0 Å². The van der Waals surface area contributed by atoms with E-state index in [0.717, 1.165) is 56.8 Å². The van der Waals surface area contributed by atoms with E-state index in [0.29, 0.717) is 0 Å². The Morgan fingerprint density at radius 3 is 2.53 bits per heavy atom. The fraction of sp³-hybridized carbons (Fsp3) is 0.259. The predicted octanol–water partition coefficient (Wildman–Crippen LogP) is 4.84. The van der Waals surface area contributed by atoms with Crippen LogP contribution in [-0.4, -0.2) is 40.7 Å². The van der Waals surface area contributed by atoms with E-state index in [-0.39, 0.29) is 0 Å². The Bertz CT molecular complexity index is 1230. The molecule has 4 heterocycles. The first-order chi connectivity index (χ1) is 15.8. The van der Waals surface area contributed by atoms with Crippen LogP contribution in [0, 0.1) is 12.3 Å². The van der Waals surface area contributed by atoms with Gasteiger partial charge in [-0.2, -0.15) is 0 Å². The van der Waals surface area contributed by atoms with Crippen molar-refractivity contribution in [1.82, 2.24) is 14.5 Å². The van der Waals surface area contributed by atoms with Gasteiger partial charge in [0.2, 0.25) is 0 Å². The molecule has 0 radical (unpaired) electrons. The molecule has 0 amide bonds. The van der Waals surface area contributed by atoms with Gasteiger partial charge in [0.1, 0.15) is 0 Å². The topological polar surface area (TPSA) is 37.2 Å². The highest BCUT2D eigenvalue weighted by molar-refractivity contribution is 5.87. The highest BCUT2D eigenvalue weighted by atomic mass is 15.3. The van der Waals surface area contributed by atoms with Crippen molar-refractivity contribution in [2.75, 3.05) is 36.0 Å². The van der Waals surface area contributed by atoms with E-state index in [4.69, 9.17) is 11.4 Å². The molecule has 5 heteroatoms. The molecule has 1 saturated heterocycles. The molecule has 1 aliphatic heterocycles. The lowest BCUT2D eigenvalue weighted by molar-refractivity contribution is 0.653. The minimum Gasteiger partial charge on any atom is -0.368 e. The van der Waals surface area contributed by atoms with Crippen LogP contribution in [0.3, 0.4) is 0 Å². The molecule has 0 N–H and O–H groups in total. The summed E-state index contributed by atoms with van der Waals surface area (Å²) in [5.41, 5.74) is 5.87. The van der Waals surface area contributed by atoms with Gasteiger partial charge in [-0.15, -0.1) is 12.3 Å². The molecule has 1 fully saturated rings. The van der Waals surface area contributed by atoms with Crippen LogP contribution in [0.25, 0.3) is 22.2 Å². The summed E-state index contributed by atoms with van der Waals surface area (Å²) in [7, 11) is 0. The number of aromatic nitrogens is 3. The van der Waals surface area contributed by atoms with Gasteiger partial charge in [0.25, 0.3) is 0 Å². The second kappa shape index (κ2) is 9.15. The van der Waals surface area contributed by atoms with Crippen molar-refractivity contribution in [3.05, 3.63) is 73.3 Å². The summed E-state index contributed by atoms with van der Waals surface area (Å²) in [5, 5.41) is 1.25. The molecule has 0 atom stereocenters. The SMILES string of the molecule is C#CCCCn1ccc2ccc(-c3ncccc3N3CCN(c4ccncc4)CC3)cc21. The lowest BCUT2D eigenvalue weighted by Gasteiger charge is -2.37. The molecule has 0 bridgehead atoms. The Morgan fingerprint density at radius 1 is 0.906 bits per heavy atom. The monoisotopic (exact) mass is 421 g/mol. The van der Waals surface area contributed by atoms with Crippen LogP contribution in [0.4, 0.5) is 11.4 Å². The minimum atomic E-state index is 0.801. The van der Waals surface area contributed by atoms with Crippen LogP contribution in [0.1, 0.15) is 12.8 Å². The number of benzene rings is 1. The van der Waals surface area contributed by atoms with Crippen LogP contribution < -0.4 is 9.80 Å². The number of terminal acetylenes is 1. The second-order valence-corrected chi connectivity index (χ2v) is 8.14. The number of hydrogen-bond donors (Lipinski definition) is 0. The van der Waals surface area contributed by atoms with E-state index in [9.17, 15) is 0 Å². The average Bonchev–Trinajstić information content (AvgIpc) is 3.27. The summed E-state index contributed by atoms with van der Waals surface area (Å²) >= 11 is 0. The molecule has 0 spiro atoms. The van der Waals surface area contributed by atoms with E-state index in [1.165, 1.54) is 22.3 Å². The normalized spacial score (nSPS) is 14.0. The standard InChI is InChI=1S/C27H27N5/c1-2-3-4-15-31-16-11-22-7-8-23(21-26(22)31)27-25(6-5-12-29-27)32-19-17-30(18-20-32)24-9-13-28-14-10-24/h1,5-14,16,21H,3-4,15,17-20H2. The fourth-order valence-electron chi connectivity index (χ4n) is 4.51. The highest BCUT2D eigenvalue weighted by Gasteiger charge is 2.20. The first kappa shape index (κ1) is 20.1. The van der Waals surface area contributed by atoms with Gasteiger partial charge in [-0.1, -0.05) is 12.1 Å². The molecule has 160 valence electrons. The molecule has 4 aromatic rings. The van der Waals surface area contributed by atoms with Gasteiger partial charge < -0.3 is 14.4 Å². The number of anilines is 2. The van der Waals surface area contributed by atoms with Crippen molar-refractivity contribution in [2.24, 2.45) is 0 Å². The maximum absolute atomic E-state index is 5.43. The number of fused-ring (bicyclic) bond motifs is 1. The van der Waals surface area contributed by atoms with Gasteiger partial charge in [0.15, 0.2) is 0 Å². The van der Waals surface area contributed by atoms with E-state index in [1.807, 2.05) is 24.7 Å². The molecule has 3 aromatic heterocycles. The van der Waals surface area contributed by atoms with Crippen LogP contribution in [0.5, 0.6) is 0 Å². The zero-order chi connectivity index (χ0) is 21.8. The van der Waals surface area contributed by atoms with E-state index in [1.54, 1.807) is 0 Å². The Labute approximate surface area is 189 Å². The van der Waals surface area contributed by atoms with Gasteiger partial charge in [-0.05, 0) is 48.2 Å². The fourth-order valence-corrected chi connectivity index (χ4v) is 4.51. The zero-order valence-corrected chi connectivity index (χ0v) is 18.2. The Balaban J connectivity index is 1.40. The molecule has 5 rings (SSSR count). The van der Waals surface area contributed by atoms with Crippen molar-refractivity contribution in [2.45, 2.75) is 19.4 Å². The van der Waals surface area contributed by atoms with Crippen molar-refractivity contribution in [3.8, 4) is 23.6 Å². The highest BCUT2D eigenvalue weighted by Crippen LogP contribution is 2.32. The summed E-state index contributed by atoms with van der Waals surface area (Å²) in [4.78, 5) is 13.8. The molecular weight excluding hydrogens is 394 g/mol. The van der Waals surface area contributed by atoms with Crippen molar-refractivity contribution >= 4 is 22.3 Å². The predicted molar refractivity (Wildman–Crippen MR) is 132 cm³/mol. The maximum atomic E-state index is 5.43. The first-order valence-electron chi connectivity index (χ1n) is 11.2. The quantitative estimate of drug-likeness (QED) is 0.330. The lowest BCUT2D eigenvalue weighted by atomic mass is 10.1. The zero-order valence-electron chi connectivity index (χ0n) is 18.2. The van der Waals surface area contributed by atoms with E-state index < -0.39 is 0 Å². The van der Waals surface area contributed by atoms with Gasteiger partial charge in [0.05, 0.1) is 11.4 Å². The number of unbranched alkanes of at least 4 members (excludes halogenated alkanes) is 1. The minimum absolute atomic E-state index is 0.801. The smallest absolute Gasteiger partial charge is 0.0936 e. The molecule has 0 aliphatic carbocycles. The molecular formula is C27H27N5. The third-order valence-electron chi connectivity index (χ3n) is 6.20. The Morgan fingerprint density at radius 2 is 1.72 bits per heavy atom. The molecule has 32 heavy (non-hydrogen) atoms. The summed E-state index contributed by atoms with van der Waals surface area (Å²) in [5.74, 6) is 2.74. The third kappa shape index (κ3) is 4.04. The summed E-state index contributed by atoms with van der Waals surface area (Å²) < 4.78 is 2.30. The van der Waals surface area contributed by atoms with Gasteiger partial charge >= 0.3 is 0 Å². The molecule has 1 aliphatic rings. The molecule has 1 aromatic carbocycles. The third-order valence-corrected chi connectivity index (χ3v) is 6.20. The number of piperazine rings is 1. The number of aryl methyl sites for hydroxylation is 1. The first-order valence-corrected chi connectivity index (χ1v) is 11.2. The van der Waals surface area contributed by atoms with Gasteiger partial charge in [0, 0.05) is 80.7 Å². The largest absolute Gasteiger partial charge is 0.368 e. The maximum Gasteiger partial charge on any atom is 0.0936 e. The average molecular weight is 422 g/mol. The summed E-state index contributed by atoms with van der Waals surface area (Å²) in [6.07, 6.45) is 15.0. The molecule has 5 nitrogen and oxygen atoms in total. The Kier molecular flexibility index (Phi) is 5.76. The van der Waals surface area contributed by atoms with E-state index in [2.05, 4.69) is 73.9 Å². The second-order valence-electron chi connectivity index (χ2n) is 8.14. The number of rotatable bonds is 6. The van der Waals surface area contributed by atoms with Crippen molar-refractivity contribution < 1.29 is 0 Å². The number of hydrogen-bond acceptors (Lipinski definition) is 4. The van der Waals surface area contributed by atoms with Crippen molar-refractivity contribution in [1.29, 1.82) is 0 Å².